The molecule has 24 heavy (non-hydrogen) atoms. The molecule has 0 radical (unpaired) electrons. The van der Waals surface area contributed by atoms with Crippen molar-refractivity contribution in [1.82, 2.24) is 0 Å². The summed E-state index contributed by atoms with van der Waals surface area (Å²) < 4.78 is 5.96. The molecule has 4 aromatic rings. The van der Waals surface area contributed by atoms with E-state index < -0.39 is 5.97 Å². The maximum Gasteiger partial charge on any atom is 0.336 e. The van der Waals surface area contributed by atoms with Gasteiger partial charge >= 0.3 is 5.97 Å². The Bertz CT molecular complexity index is 1070. The first-order valence-electron chi connectivity index (χ1n) is 7.65. The van der Waals surface area contributed by atoms with E-state index in [0.29, 0.717) is 11.1 Å². The second-order valence-electron chi connectivity index (χ2n) is 5.55. The van der Waals surface area contributed by atoms with E-state index in [0.717, 1.165) is 21.9 Å². The summed E-state index contributed by atoms with van der Waals surface area (Å²) in [6.07, 6.45) is 1.67. The minimum absolute atomic E-state index is 0.239. The zero-order valence-electron chi connectivity index (χ0n) is 12.8. The first kappa shape index (κ1) is 14.3. The molecule has 1 N–H and O–H groups in total. The predicted molar refractivity (Wildman–Crippen MR) is 95.7 cm³/mol. The summed E-state index contributed by atoms with van der Waals surface area (Å²) in [6.45, 7) is 0. The average Bonchev–Trinajstić information content (AvgIpc) is 2.99. The number of carboxylic acids is 1. The van der Waals surface area contributed by atoms with Gasteiger partial charge in [0.05, 0.1) is 5.57 Å². The van der Waals surface area contributed by atoms with Gasteiger partial charge in [0.15, 0.2) is 0 Å². The van der Waals surface area contributed by atoms with E-state index in [9.17, 15) is 9.90 Å². The molecular weight excluding hydrogens is 300 g/mol. The fourth-order valence-electron chi connectivity index (χ4n) is 2.92. The smallest absolute Gasteiger partial charge is 0.336 e. The molecule has 0 fully saturated rings. The van der Waals surface area contributed by atoms with Crippen LogP contribution in [-0.4, -0.2) is 11.1 Å². The van der Waals surface area contributed by atoms with Crippen LogP contribution in [0.2, 0.25) is 0 Å². The number of furan rings is 1. The number of carboxylic acid groups (broad SMARTS) is 1. The van der Waals surface area contributed by atoms with Crippen LogP contribution in [0.15, 0.2) is 77.2 Å². The van der Waals surface area contributed by atoms with Crippen molar-refractivity contribution in [2.24, 2.45) is 0 Å². The second-order valence-corrected chi connectivity index (χ2v) is 5.55. The SMILES string of the molecule is O=C(O)/C(=C\c1cccc2c1oc1ccccc12)c1ccccc1. The Morgan fingerprint density at radius 1 is 0.833 bits per heavy atom. The quantitative estimate of drug-likeness (QED) is 0.417. The van der Waals surface area contributed by atoms with Crippen LogP contribution >= 0.6 is 0 Å². The molecule has 0 unspecified atom stereocenters. The van der Waals surface area contributed by atoms with Crippen LogP contribution in [0.1, 0.15) is 11.1 Å². The Labute approximate surface area is 138 Å². The topological polar surface area (TPSA) is 50.4 Å². The Balaban J connectivity index is 1.97. The van der Waals surface area contributed by atoms with E-state index in [1.54, 1.807) is 18.2 Å². The molecule has 0 atom stereocenters. The van der Waals surface area contributed by atoms with Gasteiger partial charge in [0.1, 0.15) is 11.2 Å². The molecule has 116 valence electrons. The summed E-state index contributed by atoms with van der Waals surface area (Å²) in [5.74, 6) is -0.964. The predicted octanol–water partition coefficient (Wildman–Crippen LogP) is 5.21. The number of para-hydroxylation sites is 2. The Morgan fingerprint density at radius 3 is 2.33 bits per heavy atom. The lowest BCUT2D eigenvalue weighted by molar-refractivity contribution is -0.130. The molecule has 4 rings (SSSR count). The van der Waals surface area contributed by atoms with Crippen molar-refractivity contribution in [3.63, 3.8) is 0 Å². The van der Waals surface area contributed by atoms with Crippen LogP contribution in [0, 0.1) is 0 Å². The third kappa shape index (κ3) is 2.36. The molecule has 0 saturated carbocycles. The van der Waals surface area contributed by atoms with Crippen LogP contribution in [-0.2, 0) is 4.79 Å². The van der Waals surface area contributed by atoms with Gasteiger partial charge in [-0.3, -0.25) is 0 Å². The highest BCUT2D eigenvalue weighted by Crippen LogP contribution is 2.32. The molecule has 0 saturated heterocycles. The summed E-state index contributed by atoms with van der Waals surface area (Å²) in [5.41, 5.74) is 3.16. The highest BCUT2D eigenvalue weighted by molar-refractivity contribution is 6.22. The van der Waals surface area contributed by atoms with E-state index in [1.807, 2.05) is 60.7 Å². The molecule has 0 aliphatic carbocycles. The second kappa shape index (κ2) is 5.70. The van der Waals surface area contributed by atoms with Crippen molar-refractivity contribution >= 4 is 39.6 Å². The summed E-state index contributed by atoms with van der Waals surface area (Å²) in [5, 5.41) is 11.6. The molecule has 3 nitrogen and oxygen atoms in total. The highest BCUT2D eigenvalue weighted by atomic mass is 16.4. The van der Waals surface area contributed by atoms with E-state index in [1.165, 1.54) is 0 Å². The van der Waals surface area contributed by atoms with Crippen molar-refractivity contribution in [1.29, 1.82) is 0 Å². The minimum Gasteiger partial charge on any atom is -0.478 e. The van der Waals surface area contributed by atoms with Gasteiger partial charge in [0.2, 0.25) is 0 Å². The summed E-state index contributed by atoms with van der Waals surface area (Å²) in [7, 11) is 0. The average molecular weight is 314 g/mol. The van der Waals surface area contributed by atoms with Gasteiger partial charge in [-0.15, -0.1) is 0 Å². The summed E-state index contributed by atoms with van der Waals surface area (Å²) in [6, 6.07) is 22.7. The lowest BCUT2D eigenvalue weighted by Gasteiger charge is -2.03. The Morgan fingerprint density at radius 2 is 1.54 bits per heavy atom. The third-order valence-corrected chi connectivity index (χ3v) is 4.05. The standard InChI is InChI=1S/C21H14O3/c22-21(23)18(14-7-2-1-3-8-14)13-15-9-6-11-17-16-10-4-5-12-19(16)24-20(15)17/h1-13H,(H,22,23)/b18-13-. The maximum atomic E-state index is 11.7. The van der Waals surface area contributed by atoms with Crippen LogP contribution < -0.4 is 0 Å². The molecule has 3 heteroatoms. The molecule has 1 heterocycles. The monoisotopic (exact) mass is 314 g/mol. The molecular formula is C21H14O3. The Kier molecular flexibility index (Phi) is 3.39. The van der Waals surface area contributed by atoms with Gasteiger partial charge in [-0.25, -0.2) is 4.79 Å². The number of carbonyl (C=O) groups is 1. The van der Waals surface area contributed by atoms with Gasteiger partial charge in [-0.2, -0.15) is 0 Å². The number of rotatable bonds is 3. The van der Waals surface area contributed by atoms with Crippen LogP contribution in [0.5, 0.6) is 0 Å². The number of benzene rings is 3. The molecule has 1 aromatic heterocycles. The van der Waals surface area contributed by atoms with Gasteiger partial charge in [-0.05, 0) is 17.7 Å². The molecule has 0 bridgehead atoms. The summed E-state index contributed by atoms with van der Waals surface area (Å²) >= 11 is 0. The lowest BCUT2D eigenvalue weighted by Crippen LogP contribution is -1.99. The lowest BCUT2D eigenvalue weighted by atomic mass is 10.0. The highest BCUT2D eigenvalue weighted by Gasteiger charge is 2.13. The van der Waals surface area contributed by atoms with E-state index >= 15 is 0 Å². The van der Waals surface area contributed by atoms with Crippen molar-refractivity contribution in [3.05, 3.63) is 83.9 Å². The first-order valence-corrected chi connectivity index (χ1v) is 7.65. The minimum atomic E-state index is -0.964. The molecule has 0 aliphatic heterocycles. The Hall–Kier alpha value is -3.33. The fraction of sp³-hybridized carbons (Fsp3) is 0. The first-order chi connectivity index (χ1) is 11.7. The largest absolute Gasteiger partial charge is 0.478 e. The van der Waals surface area contributed by atoms with E-state index in [-0.39, 0.29) is 5.57 Å². The number of aliphatic carboxylic acids is 1. The molecule has 0 amide bonds. The van der Waals surface area contributed by atoms with Crippen LogP contribution in [0.4, 0.5) is 0 Å². The number of fused-ring (bicyclic) bond motifs is 3. The van der Waals surface area contributed by atoms with Crippen molar-refractivity contribution in [3.8, 4) is 0 Å². The van der Waals surface area contributed by atoms with Crippen molar-refractivity contribution in [2.75, 3.05) is 0 Å². The molecule has 0 aliphatic rings. The van der Waals surface area contributed by atoms with Gasteiger partial charge in [0.25, 0.3) is 0 Å². The fourth-order valence-corrected chi connectivity index (χ4v) is 2.92. The van der Waals surface area contributed by atoms with E-state index in [4.69, 9.17) is 4.42 Å². The zero-order valence-corrected chi connectivity index (χ0v) is 12.8. The molecule has 3 aromatic carbocycles. The van der Waals surface area contributed by atoms with Crippen molar-refractivity contribution in [2.45, 2.75) is 0 Å². The van der Waals surface area contributed by atoms with Gasteiger partial charge in [0, 0.05) is 16.3 Å². The summed E-state index contributed by atoms with van der Waals surface area (Å²) in [4.78, 5) is 11.7. The third-order valence-electron chi connectivity index (χ3n) is 4.05. The number of hydrogen-bond acceptors (Lipinski definition) is 2. The molecule has 0 spiro atoms. The van der Waals surface area contributed by atoms with Crippen LogP contribution in [0.3, 0.4) is 0 Å². The zero-order chi connectivity index (χ0) is 16.5. The number of hydrogen-bond donors (Lipinski definition) is 1. The van der Waals surface area contributed by atoms with Crippen molar-refractivity contribution < 1.29 is 14.3 Å². The normalized spacial score (nSPS) is 11.9. The van der Waals surface area contributed by atoms with Gasteiger partial charge in [-0.1, -0.05) is 66.7 Å². The van der Waals surface area contributed by atoms with E-state index in [2.05, 4.69) is 0 Å². The van der Waals surface area contributed by atoms with Crippen LogP contribution in [0.25, 0.3) is 33.6 Å². The van der Waals surface area contributed by atoms with Gasteiger partial charge < -0.3 is 9.52 Å². The maximum absolute atomic E-state index is 11.7.